The van der Waals surface area contributed by atoms with Crippen molar-refractivity contribution in [3.63, 3.8) is 0 Å². The van der Waals surface area contributed by atoms with Crippen LogP contribution in [-0.2, 0) is 4.74 Å². The Bertz CT molecular complexity index is 396. The van der Waals surface area contributed by atoms with Gasteiger partial charge in [0.25, 0.3) is 0 Å². The van der Waals surface area contributed by atoms with E-state index < -0.39 is 5.97 Å². The molecule has 1 unspecified atom stereocenters. The molecule has 4 nitrogen and oxygen atoms in total. The smallest absolute Gasteiger partial charge is 0.376 e. The molecular formula is C14H23NO3. The van der Waals surface area contributed by atoms with Crippen molar-refractivity contribution in [2.75, 3.05) is 6.61 Å². The lowest BCUT2D eigenvalue weighted by Crippen LogP contribution is -2.07. The minimum Gasteiger partial charge on any atom is -0.460 e. The lowest BCUT2D eigenvalue weighted by atomic mass is 10.1. The van der Waals surface area contributed by atoms with Crippen molar-refractivity contribution in [3.8, 4) is 0 Å². The fourth-order valence-corrected chi connectivity index (χ4v) is 1.85. The van der Waals surface area contributed by atoms with E-state index in [1.807, 2.05) is 13.8 Å². The number of ether oxygens (including phenoxy) is 1. The fourth-order valence-electron chi connectivity index (χ4n) is 1.85. The van der Waals surface area contributed by atoms with Gasteiger partial charge in [0.2, 0.25) is 5.76 Å². The lowest BCUT2D eigenvalue weighted by Gasteiger charge is -2.03. The van der Waals surface area contributed by atoms with Gasteiger partial charge in [-0.15, -0.1) is 0 Å². The number of hydrogen-bond acceptors (Lipinski definition) is 4. The van der Waals surface area contributed by atoms with E-state index in [-0.39, 0.29) is 17.6 Å². The Kier molecular flexibility index (Phi) is 5.38. The van der Waals surface area contributed by atoms with Crippen LogP contribution >= 0.6 is 0 Å². The summed E-state index contributed by atoms with van der Waals surface area (Å²) in [6, 6.07) is 0. The summed E-state index contributed by atoms with van der Waals surface area (Å²) < 4.78 is 10.6. The van der Waals surface area contributed by atoms with Crippen LogP contribution in [0.1, 0.15) is 81.4 Å². The molecule has 1 heterocycles. The second kappa shape index (κ2) is 6.57. The summed E-state index contributed by atoms with van der Waals surface area (Å²) in [7, 11) is 0. The van der Waals surface area contributed by atoms with Crippen LogP contribution in [0, 0.1) is 0 Å². The lowest BCUT2D eigenvalue weighted by molar-refractivity contribution is 0.0485. The molecule has 0 saturated heterocycles. The van der Waals surface area contributed by atoms with Crippen LogP contribution in [-0.4, -0.2) is 17.6 Å². The molecule has 0 bridgehead atoms. The first-order valence-electron chi connectivity index (χ1n) is 6.68. The number of rotatable bonds is 6. The molecule has 0 aliphatic rings. The molecule has 18 heavy (non-hydrogen) atoms. The van der Waals surface area contributed by atoms with E-state index in [1.54, 1.807) is 6.92 Å². The van der Waals surface area contributed by atoms with Gasteiger partial charge < -0.3 is 9.15 Å². The molecule has 0 radical (unpaired) electrons. The highest BCUT2D eigenvalue weighted by atomic mass is 16.5. The monoisotopic (exact) mass is 253 g/mol. The van der Waals surface area contributed by atoms with Crippen molar-refractivity contribution in [1.29, 1.82) is 0 Å². The quantitative estimate of drug-likeness (QED) is 0.722. The van der Waals surface area contributed by atoms with Crippen LogP contribution in [0.5, 0.6) is 0 Å². The van der Waals surface area contributed by atoms with Crippen molar-refractivity contribution in [2.45, 2.75) is 59.3 Å². The van der Waals surface area contributed by atoms with Gasteiger partial charge in [-0.05, 0) is 19.3 Å². The summed E-state index contributed by atoms with van der Waals surface area (Å²) in [4.78, 5) is 16.3. The van der Waals surface area contributed by atoms with E-state index in [1.165, 1.54) is 0 Å². The molecule has 0 aromatic carbocycles. The number of nitrogens with zero attached hydrogens (tertiary/aromatic N) is 1. The SMILES string of the molecule is CCCC(C)c1nc(C(C)C)c(C(=O)OCC)o1. The summed E-state index contributed by atoms with van der Waals surface area (Å²) in [5.41, 5.74) is 0.700. The van der Waals surface area contributed by atoms with Gasteiger partial charge in [-0.2, -0.15) is 0 Å². The first-order valence-corrected chi connectivity index (χ1v) is 6.68. The maximum absolute atomic E-state index is 11.8. The Hall–Kier alpha value is -1.32. The molecule has 0 saturated carbocycles. The number of hydrogen-bond donors (Lipinski definition) is 0. The van der Waals surface area contributed by atoms with Crippen molar-refractivity contribution >= 4 is 5.97 Å². The Morgan fingerprint density at radius 1 is 1.33 bits per heavy atom. The summed E-state index contributed by atoms with van der Waals surface area (Å²) in [6.45, 7) is 10.3. The van der Waals surface area contributed by atoms with Crippen molar-refractivity contribution in [1.82, 2.24) is 4.98 Å². The maximum Gasteiger partial charge on any atom is 0.376 e. The minimum atomic E-state index is -0.413. The molecule has 1 aromatic heterocycles. The summed E-state index contributed by atoms with van der Waals surface area (Å²) in [5.74, 6) is 0.878. The first-order chi connectivity index (χ1) is 8.51. The van der Waals surface area contributed by atoms with E-state index in [0.29, 0.717) is 18.2 Å². The highest BCUT2D eigenvalue weighted by Gasteiger charge is 2.25. The Morgan fingerprint density at radius 2 is 2.00 bits per heavy atom. The van der Waals surface area contributed by atoms with Crippen LogP contribution < -0.4 is 0 Å². The molecule has 1 atom stereocenters. The molecule has 0 N–H and O–H groups in total. The number of carbonyl (C=O) groups excluding carboxylic acids is 1. The largest absolute Gasteiger partial charge is 0.460 e. The van der Waals surface area contributed by atoms with E-state index >= 15 is 0 Å². The van der Waals surface area contributed by atoms with Gasteiger partial charge in [0.05, 0.1) is 12.3 Å². The number of aromatic nitrogens is 1. The summed E-state index contributed by atoms with van der Waals surface area (Å²) >= 11 is 0. The average Bonchev–Trinajstić information content (AvgIpc) is 2.74. The predicted molar refractivity (Wildman–Crippen MR) is 69.9 cm³/mol. The molecule has 0 amide bonds. The third-order valence-corrected chi connectivity index (χ3v) is 2.82. The normalized spacial score (nSPS) is 12.8. The fraction of sp³-hybridized carbons (Fsp3) is 0.714. The van der Waals surface area contributed by atoms with Gasteiger partial charge in [0, 0.05) is 5.92 Å². The molecule has 1 rings (SSSR count). The Morgan fingerprint density at radius 3 is 2.50 bits per heavy atom. The van der Waals surface area contributed by atoms with Crippen molar-refractivity contribution < 1.29 is 13.9 Å². The third kappa shape index (κ3) is 3.34. The van der Waals surface area contributed by atoms with E-state index in [2.05, 4.69) is 18.8 Å². The molecular weight excluding hydrogens is 230 g/mol. The second-order valence-corrected chi connectivity index (χ2v) is 4.83. The molecule has 102 valence electrons. The zero-order valence-corrected chi connectivity index (χ0v) is 11.9. The first kappa shape index (κ1) is 14.7. The second-order valence-electron chi connectivity index (χ2n) is 4.83. The highest BCUT2D eigenvalue weighted by molar-refractivity contribution is 5.87. The van der Waals surface area contributed by atoms with Crippen molar-refractivity contribution in [3.05, 3.63) is 17.3 Å². The highest BCUT2D eigenvalue weighted by Crippen LogP contribution is 2.27. The van der Waals surface area contributed by atoms with Gasteiger partial charge >= 0.3 is 5.97 Å². The third-order valence-electron chi connectivity index (χ3n) is 2.82. The van der Waals surface area contributed by atoms with E-state index in [9.17, 15) is 4.79 Å². The van der Waals surface area contributed by atoms with E-state index in [4.69, 9.17) is 9.15 Å². The zero-order valence-electron chi connectivity index (χ0n) is 11.9. The molecule has 0 fully saturated rings. The van der Waals surface area contributed by atoms with Crippen LogP contribution in [0.25, 0.3) is 0 Å². The Labute approximate surface area is 109 Å². The Balaban J connectivity index is 3.04. The van der Waals surface area contributed by atoms with Crippen molar-refractivity contribution in [2.24, 2.45) is 0 Å². The van der Waals surface area contributed by atoms with Crippen LogP contribution in [0.4, 0.5) is 0 Å². The predicted octanol–water partition coefficient (Wildman–Crippen LogP) is 3.88. The van der Waals surface area contributed by atoms with Crippen LogP contribution in [0.15, 0.2) is 4.42 Å². The molecule has 0 aliphatic heterocycles. The zero-order chi connectivity index (χ0) is 13.7. The summed E-state index contributed by atoms with van der Waals surface area (Å²) in [5, 5.41) is 0. The van der Waals surface area contributed by atoms with Gasteiger partial charge in [-0.25, -0.2) is 9.78 Å². The number of carbonyl (C=O) groups is 1. The number of esters is 1. The van der Waals surface area contributed by atoms with Gasteiger partial charge in [-0.3, -0.25) is 0 Å². The van der Waals surface area contributed by atoms with Gasteiger partial charge in [-0.1, -0.05) is 34.1 Å². The maximum atomic E-state index is 11.8. The minimum absolute atomic E-state index is 0.149. The molecule has 4 heteroatoms. The van der Waals surface area contributed by atoms with E-state index in [0.717, 1.165) is 12.8 Å². The average molecular weight is 253 g/mol. The van der Waals surface area contributed by atoms with Gasteiger partial charge in [0.1, 0.15) is 0 Å². The van der Waals surface area contributed by atoms with Crippen LogP contribution in [0.3, 0.4) is 0 Å². The molecule has 0 spiro atoms. The molecule has 1 aromatic rings. The standard InChI is InChI=1S/C14H23NO3/c1-6-8-10(5)13-15-11(9(3)4)12(18-13)14(16)17-7-2/h9-10H,6-8H2,1-5H3. The van der Waals surface area contributed by atoms with Crippen LogP contribution in [0.2, 0.25) is 0 Å². The number of oxazole rings is 1. The summed E-state index contributed by atoms with van der Waals surface area (Å²) in [6.07, 6.45) is 2.07. The van der Waals surface area contributed by atoms with Gasteiger partial charge in [0.15, 0.2) is 5.89 Å². The molecule has 0 aliphatic carbocycles. The topological polar surface area (TPSA) is 52.3 Å².